The van der Waals surface area contributed by atoms with Crippen molar-refractivity contribution in [1.82, 2.24) is 30.4 Å². The fraction of sp³-hybridized carbons (Fsp3) is 0.500. The Balaban J connectivity index is 0.00000392. The van der Waals surface area contributed by atoms with Gasteiger partial charge in [-0.25, -0.2) is 4.98 Å². The molecule has 0 unspecified atom stereocenters. The Hall–Kier alpha value is -2.24. The number of halogens is 1. The van der Waals surface area contributed by atoms with Gasteiger partial charge in [0.1, 0.15) is 18.0 Å². The zero-order chi connectivity index (χ0) is 19.5. The molecule has 1 amide bonds. The minimum Gasteiger partial charge on any atom is -0.357 e. The van der Waals surface area contributed by atoms with Crippen LogP contribution in [0.2, 0.25) is 0 Å². The highest BCUT2D eigenvalue weighted by atomic mass is 127. The molecule has 0 fully saturated rings. The first kappa shape index (κ1) is 23.8. The molecule has 3 N–H and O–H groups in total. The number of aromatic nitrogens is 4. The molecule has 0 aliphatic carbocycles. The number of guanidine groups is 1. The van der Waals surface area contributed by atoms with Crippen LogP contribution in [0.1, 0.15) is 31.7 Å². The summed E-state index contributed by atoms with van der Waals surface area (Å²) in [6.45, 7) is 8.59. The molecule has 0 aromatic carbocycles. The van der Waals surface area contributed by atoms with Gasteiger partial charge in [-0.15, -0.1) is 34.2 Å². The largest absolute Gasteiger partial charge is 0.357 e. The molecule has 2 aromatic rings. The van der Waals surface area contributed by atoms with E-state index in [-0.39, 0.29) is 36.3 Å². The molecule has 2 rings (SSSR count). The number of aryl methyl sites for hydroxylation is 2. The normalized spacial score (nSPS) is 10.9. The summed E-state index contributed by atoms with van der Waals surface area (Å²) < 4.78 is 2.01. The van der Waals surface area contributed by atoms with E-state index in [0.29, 0.717) is 24.9 Å². The summed E-state index contributed by atoms with van der Waals surface area (Å²) in [7, 11) is 0. The Morgan fingerprint density at radius 1 is 1.25 bits per heavy atom. The second-order valence-corrected chi connectivity index (χ2v) is 6.00. The van der Waals surface area contributed by atoms with Gasteiger partial charge in [0.25, 0.3) is 0 Å². The lowest BCUT2D eigenvalue weighted by Gasteiger charge is -2.12. The lowest BCUT2D eigenvalue weighted by atomic mass is 10.3. The maximum Gasteiger partial charge on any atom is 0.227 e. The van der Waals surface area contributed by atoms with Crippen LogP contribution >= 0.6 is 24.0 Å². The molecular weight excluding hydrogens is 471 g/mol. The number of rotatable bonds is 9. The van der Waals surface area contributed by atoms with Crippen molar-refractivity contribution in [3.8, 4) is 0 Å². The number of nitrogens with one attached hydrogen (secondary N) is 3. The monoisotopic (exact) mass is 500 g/mol. The smallest absolute Gasteiger partial charge is 0.227 e. The Kier molecular flexibility index (Phi) is 11.1. The summed E-state index contributed by atoms with van der Waals surface area (Å²) in [5.74, 6) is 2.09. The van der Waals surface area contributed by atoms with E-state index in [9.17, 15) is 4.79 Å². The van der Waals surface area contributed by atoms with Gasteiger partial charge < -0.3 is 20.5 Å². The first-order valence-corrected chi connectivity index (χ1v) is 9.23. The summed E-state index contributed by atoms with van der Waals surface area (Å²) in [4.78, 5) is 20.6. The molecule has 28 heavy (non-hydrogen) atoms. The Morgan fingerprint density at radius 2 is 2.07 bits per heavy atom. The first-order chi connectivity index (χ1) is 13.1. The minimum absolute atomic E-state index is 0. The van der Waals surface area contributed by atoms with Gasteiger partial charge in [-0.2, -0.15) is 0 Å². The van der Waals surface area contributed by atoms with E-state index in [1.54, 1.807) is 18.6 Å². The van der Waals surface area contributed by atoms with E-state index >= 15 is 0 Å². The van der Waals surface area contributed by atoms with Crippen molar-refractivity contribution in [2.24, 2.45) is 4.99 Å². The highest BCUT2D eigenvalue weighted by Crippen LogP contribution is 2.04. The van der Waals surface area contributed by atoms with E-state index in [1.807, 2.05) is 24.5 Å². The second kappa shape index (κ2) is 13.0. The number of carbonyl (C=O) groups excluding carboxylic acids is 1. The predicted molar refractivity (Wildman–Crippen MR) is 121 cm³/mol. The van der Waals surface area contributed by atoms with E-state index in [2.05, 4.69) is 43.0 Å². The minimum atomic E-state index is -0.108. The van der Waals surface area contributed by atoms with Gasteiger partial charge in [-0.1, -0.05) is 13.0 Å². The van der Waals surface area contributed by atoms with Gasteiger partial charge in [0.05, 0.1) is 6.54 Å². The predicted octanol–water partition coefficient (Wildman–Crippen LogP) is 1.75. The molecule has 9 nitrogen and oxygen atoms in total. The number of pyridine rings is 1. The molecular formula is C18H29IN8O. The Bertz CT molecular complexity index is 744. The molecule has 10 heteroatoms. The quantitative estimate of drug-likeness (QED) is 0.275. The average molecular weight is 500 g/mol. The van der Waals surface area contributed by atoms with Gasteiger partial charge in [-0.3, -0.25) is 9.79 Å². The second-order valence-electron chi connectivity index (χ2n) is 6.00. The summed E-state index contributed by atoms with van der Waals surface area (Å²) >= 11 is 0. The summed E-state index contributed by atoms with van der Waals surface area (Å²) in [6.07, 6.45) is 4.59. The number of anilines is 1. The highest BCUT2D eigenvalue weighted by Gasteiger charge is 2.04. The lowest BCUT2D eigenvalue weighted by molar-refractivity contribution is -0.116. The van der Waals surface area contributed by atoms with Gasteiger partial charge in [0, 0.05) is 38.7 Å². The molecule has 0 atom stereocenters. The summed E-state index contributed by atoms with van der Waals surface area (Å²) in [5, 5.41) is 17.2. The van der Waals surface area contributed by atoms with E-state index in [0.717, 1.165) is 30.9 Å². The number of carbonyl (C=O) groups is 1. The van der Waals surface area contributed by atoms with Crippen LogP contribution in [0.3, 0.4) is 0 Å². The fourth-order valence-corrected chi connectivity index (χ4v) is 2.39. The van der Waals surface area contributed by atoms with Gasteiger partial charge in [0.2, 0.25) is 5.91 Å². The molecule has 2 aromatic heterocycles. The zero-order valence-electron chi connectivity index (χ0n) is 16.6. The van der Waals surface area contributed by atoms with Crippen LogP contribution in [0, 0.1) is 6.92 Å². The third-order valence-electron chi connectivity index (χ3n) is 3.79. The molecule has 0 aliphatic heterocycles. The molecule has 0 saturated carbocycles. The topological polar surface area (TPSA) is 109 Å². The van der Waals surface area contributed by atoms with Crippen LogP contribution in [0.25, 0.3) is 0 Å². The Morgan fingerprint density at radius 3 is 2.75 bits per heavy atom. The average Bonchev–Trinajstić information content (AvgIpc) is 3.11. The van der Waals surface area contributed by atoms with Crippen LogP contribution in [-0.4, -0.2) is 51.2 Å². The number of aliphatic imine (C=N–C) groups is 1. The third kappa shape index (κ3) is 8.19. The standard InChI is InChI=1S/C18H28N8O.HI/c1-4-16-25-23-13-26(16)11-10-21-18(19-5-2)20-9-8-17(27)24-15-7-6-14(3)12-22-15;/h6-7,12-13H,4-5,8-11H2,1-3H3,(H2,19,20,21)(H,22,24,27);1H. The van der Waals surface area contributed by atoms with Crippen molar-refractivity contribution >= 4 is 41.7 Å². The maximum absolute atomic E-state index is 12.0. The summed E-state index contributed by atoms with van der Waals surface area (Å²) in [5.41, 5.74) is 1.05. The van der Waals surface area contributed by atoms with Crippen molar-refractivity contribution in [3.05, 3.63) is 36.0 Å². The molecule has 0 saturated heterocycles. The van der Waals surface area contributed by atoms with Crippen molar-refractivity contribution in [1.29, 1.82) is 0 Å². The Labute approximate surface area is 182 Å². The van der Waals surface area contributed by atoms with Crippen LogP contribution in [0.15, 0.2) is 29.6 Å². The third-order valence-corrected chi connectivity index (χ3v) is 3.79. The molecule has 0 spiro atoms. The zero-order valence-corrected chi connectivity index (χ0v) is 18.9. The van der Waals surface area contributed by atoms with Crippen molar-refractivity contribution in [2.45, 2.75) is 40.2 Å². The number of nitrogens with zero attached hydrogens (tertiary/aromatic N) is 5. The van der Waals surface area contributed by atoms with E-state index < -0.39 is 0 Å². The lowest BCUT2D eigenvalue weighted by Crippen LogP contribution is -2.39. The maximum atomic E-state index is 12.0. The number of hydrogen-bond acceptors (Lipinski definition) is 5. The first-order valence-electron chi connectivity index (χ1n) is 9.23. The van der Waals surface area contributed by atoms with E-state index in [1.165, 1.54) is 0 Å². The van der Waals surface area contributed by atoms with Gasteiger partial charge >= 0.3 is 0 Å². The number of amides is 1. The van der Waals surface area contributed by atoms with Crippen LogP contribution in [-0.2, 0) is 17.8 Å². The van der Waals surface area contributed by atoms with E-state index in [4.69, 9.17) is 0 Å². The molecule has 154 valence electrons. The number of hydrogen-bond donors (Lipinski definition) is 3. The molecule has 0 bridgehead atoms. The highest BCUT2D eigenvalue weighted by molar-refractivity contribution is 14.0. The SMILES string of the molecule is CCNC(=NCCC(=O)Nc1ccc(C)cn1)NCCn1cnnc1CC.I. The fourth-order valence-electron chi connectivity index (χ4n) is 2.39. The summed E-state index contributed by atoms with van der Waals surface area (Å²) in [6, 6.07) is 3.70. The van der Waals surface area contributed by atoms with Crippen molar-refractivity contribution in [3.63, 3.8) is 0 Å². The van der Waals surface area contributed by atoms with Crippen LogP contribution in [0.5, 0.6) is 0 Å². The van der Waals surface area contributed by atoms with Crippen LogP contribution in [0.4, 0.5) is 5.82 Å². The molecule has 0 aliphatic rings. The molecule has 0 radical (unpaired) electrons. The van der Waals surface area contributed by atoms with Crippen molar-refractivity contribution < 1.29 is 4.79 Å². The van der Waals surface area contributed by atoms with Gasteiger partial charge in [0.15, 0.2) is 5.96 Å². The van der Waals surface area contributed by atoms with Gasteiger partial charge in [-0.05, 0) is 25.5 Å². The van der Waals surface area contributed by atoms with Crippen molar-refractivity contribution in [2.75, 3.05) is 25.0 Å². The molecule has 2 heterocycles. The van der Waals surface area contributed by atoms with Crippen LogP contribution < -0.4 is 16.0 Å².